The molecular weight excluding hydrogens is 344 g/mol. The molecule has 0 radical (unpaired) electrons. The summed E-state index contributed by atoms with van der Waals surface area (Å²) < 4.78 is 0. The number of aryl methyl sites for hydroxylation is 2. The highest BCUT2D eigenvalue weighted by molar-refractivity contribution is 7.18. The summed E-state index contributed by atoms with van der Waals surface area (Å²) in [5, 5.41) is 4.50. The third kappa shape index (κ3) is 3.43. The van der Waals surface area contributed by atoms with Crippen molar-refractivity contribution in [2.75, 3.05) is 18.0 Å². The van der Waals surface area contributed by atoms with E-state index in [4.69, 9.17) is 0 Å². The Balaban J connectivity index is 1.41. The van der Waals surface area contributed by atoms with Crippen LogP contribution in [0.25, 0.3) is 10.2 Å². The second-order valence-corrected chi connectivity index (χ2v) is 8.97. The minimum absolute atomic E-state index is 0.149. The maximum Gasteiger partial charge on any atom is 0.223 e. The van der Waals surface area contributed by atoms with Crippen LogP contribution in [0, 0.1) is 19.8 Å². The number of piperidine rings is 1. The topological polar surface area (TPSA) is 58.1 Å². The van der Waals surface area contributed by atoms with Crippen molar-refractivity contribution in [3.05, 3.63) is 16.8 Å². The average molecular weight is 373 g/mol. The Morgan fingerprint density at radius 3 is 2.58 bits per heavy atom. The van der Waals surface area contributed by atoms with E-state index in [1.165, 1.54) is 35.1 Å². The summed E-state index contributed by atoms with van der Waals surface area (Å²) in [6.45, 7) is 6.09. The summed E-state index contributed by atoms with van der Waals surface area (Å²) in [5.74, 6) is 1.46. The molecule has 1 aliphatic carbocycles. The van der Waals surface area contributed by atoms with Crippen molar-refractivity contribution >= 4 is 33.3 Å². The lowest BCUT2D eigenvalue weighted by Gasteiger charge is -2.33. The number of amides is 1. The van der Waals surface area contributed by atoms with Crippen molar-refractivity contribution in [2.24, 2.45) is 5.92 Å². The molecule has 1 saturated carbocycles. The predicted molar refractivity (Wildman–Crippen MR) is 107 cm³/mol. The van der Waals surface area contributed by atoms with Crippen LogP contribution in [0.3, 0.4) is 0 Å². The zero-order chi connectivity index (χ0) is 18.1. The highest BCUT2D eigenvalue weighted by Gasteiger charge is 2.28. The lowest BCUT2D eigenvalue weighted by Crippen LogP contribution is -2.44. The third-order valence-electron chi connectivity index (χ3n) is 6.06. The monoisotopic (exact) mass is 372 g/mol. The van der Waals surface area contributed by atoms with Gasteiger partial charge in [0.05, 0.1) is 5.39 Å². The number of nitrogens with one attached hydrogen (secondary N) is 1. The van der Waals surface area contributed by atoms with E-state index in [0.29, 0.717) is 6.04 Å². The molecule has 26 heavy (non-hydrogen) atoms. The first-order valence-corrected chi connectivity index (χ1v) is 10.7. The molecule has 4 rings (SSSR count). The van der Waals surface area contributed by atoms with Crippen molar-refractivity contribution in [1.29, 1.82) is 0 Å². The van der Waals surface area contributed by atoms with Crippen LogP contribution in [-0.4, -0.2) is 35.0 Å². The van der Waals surface area contributed by atoms with Crippen LogP contribution in [-0.2, 0) is 4.79 Å². The fourth-order valence-electron chi connectivity index (χ4n) is 4.32. The molecule has 0 spiro atoms. The molecule has 3 heterocycles. The number of aromatic nitrogens is 2. The number of fused-ring (bicyclic) bond motifs is 1. The molecule has 0 unspecified atom stereocenters. The van der Waals surface area contributed by atoms with Gasteiger partial charge < -0.3 is 10.2 Å². The van der Waals surface area contributed by atoms with Crippen LogP contribution < -0.4 is 10.2 Å². The van der Waals surface area contributed by atoms with Crippen LogP contribution in [0.5, 0.6) is 0 Å². The van der Waals surface area contributed by atoms with Gasteiger partial charge in [0.1, 0.15) is 17.0 Å². The van der Waals surface area contributed by atoms with E-state index >= 15 is 0 Å². The van der Waals surface area contributed by atoms with E-state index in [1.807, 2.05) is 0 Å². The number of hydrogen-bond acceptors (Lipinski definition) is 5. The van der Waals surface area contributed by atoms with Gasteiger partial charge in [-0.05, 0) is 45.1 Å². The summed E-state index contributed by atoms with van der Waals surface area (Å²) in [7, 11) is 0. The van der Waals surface area contributed by atoms with Crippen LogP contribution in [0.4, 0.5) is 5.82 Å². The molecule has 1 saturated heterocycles. The van der Waals surface area contributed by atoms with Crippen LogP contribution in [0.15, 0.2) is 6.33 Å². The summed E-state index contributed by atoms with van der Waals surface area (Å²) in [6.07, 6.45) is 9.63. The van der Waals surface area contributed by atoms with E-state index in [9.17, 15) is 4.79 Å². The largest absolute Gasteiger partial charge is 0.356 e. The number of carbonyl (C=O) groups excluding carboxylic acids is 1. The van der Waals surface area contributed by atoms with Gasteiger partial charge in [0, 0.05) is 29.9 Å². The van der Waals surface area contributed by atoms with E-state index in [1.54, 1.807) is 17.7 Å². The van der Waals surface area contributed by atoms with Crippen LogP contribution in [0.1, 0.15) is 55.4 Å². The number of rotatable bonds is 3. The summed E-state index contributed by atoms with van der Waals surface area (Å²) in [6, 6.07) is 0.409. The zero-order valence-electron chi connectivity index (χ0n) is 15.8. The minimum Gasteiger partial charge on any atom is -0.356 e. The minimum atomic E-state index is 0.149. The van der Waals surface area contributed by atoms with E-state index in [2.05, 4.69) is 34.0 Å². The summed E-state index contributed by atoms with van der Waals surface area (Å²) in [5.41, 5.74) is 1.29. The second-order valence-electron chi connectivity index (χ2n) is 7.77. The van der Waals surface area contributed by atoms with Crippen molar-refractivity contribution < 1.29 is 4.79 Å². The Labute approximate surface area is 159 Å². The molecule has 0 bridgehead atoms. The highest BCUT2D eigenvalue weighted by atomic mass is 32.1. The Kier molecular flexibility index (Phi) is 5.11. The van der Waals surface area contributed by atoms with Gasteiger partial charge in [-0.2, -0.15) is 0 Å². The first-order chi connectivity index (χ1) is 12.6. The second kappa shape index (κ2) is 7.51. The van der Waals surface area contributed by atoms with Gasteiger partial charge in [0.15, 0.2) is 0 Å². The molecule has 5 nitrogen and oxygen atoms in total. The smallest absolute Gasteiger partial charge is 0.223 e. The summed E-state index contributed by atoms with van der Waals surface area (Å²) >= 11 is 1.74. The molecule has 140 valence electrons. The molecular formula is C20H28N4OS. The Hall–Kier alpha value is -1.69. The molecule has 1 aliphatic heterocycles. The number of anilines is 1. The zero-order valence-corrected chi connectivity index (χ0v) is 16.6. The molecule has 0 aromatic carbocycles. The van der Waals surface area contributed by atoms with Crippen LogP contribution in [0.2, 0.25) is 0 Å². The summed E-state index contributed by atoms with van der Waals surface area (Å²) in [4.78, 5) is 26.4. The molecule has 2 aromatic heterocycles. The van der Waals surface area contributed by atoms with Crippen molar-refractivity contribution in [3.63, 3.8) is 0 Å². The van der Waals surface area contributed by atoms with Gasteiger partial charge in [-0.3, -0.25) is 4.79 Å². The maximum absolute atomic E-state index is 12.6. The van der Waals surface area contributed by atoms with Crippen molar-refractivity contribution in [3.8, 4) is 0 Å². The molecule has 6 heteroatoms. The molecule has 1 amide bonds. The number of carbonyl (C=O) groups is 1. The van der Waals surface area contributed by atoms with Gasteiger partial charge >= 0.3 is 0 Å². The van der Waals surface area contributed by atoms with E-state index in [-0.39, 0.29) is 11.8 Å². The Morgan fingerprint density at radius 1 is 1.12 bits per heavy atom. The van der Waals surface area contributed by atoms with Gasteiger partial charge in [-0.1, -0.05) is 19.3 Å². The average Bonchev–Trinajstić information content (AvgIpc) is 2.97. The Morgan fingerprint density at radius 2 is 1.85 bits per heavy atom. The van der Waals surface area contributed by atoms with Gasteiger partial charge in [-0.25, -0.2) is 9.97 Å². The number of hydrogen-bond donors (Lipinski definition) is 1. The molecule has 2 aromatic rings. The van der Waals surface area contributed by atoms with E-state index in [0.717, 1.165) is 49.4 Å². The molecule has 1 N–H and O–H groups in total. The normalized spacial score (nSPS) is 19.8. The third-order valence-corrected chi connectivity index (χ3v) is 7.18. The Bertz CT molecular complexity index is 788. The first-order valence-electron chi connectivity index (χ1n) is 9.89. The first kappa shape index (κ1) is 17.7. The highest BCUT2D eigenvalue weighted by Crippen LogP contribution is 2.35. The lowest BCUT2D eigenvalue weighted by molar-refractivity contribution is -0.126. The molecule has 0 atom stereocenters. The lowest BCUT2D eigenvalue weighted by atomic mass is 9.92. The van der Waals surface area contributed by atoms with Gasteiger partial charge in [0.2, 0.25) is 5.91 Å². The molecule has 2 fully saturated rings. The van der Waals surface area contributed by atoms with Crippen LogP contribution >= 0.6 is 11.3 Å². The maximum atomic E-state index is 12.6. The predicted octanol–water partition coefficient (Wildman–Crippen LogP) is 3.97. The van der Waals surface area contributed by atoms with Gasteiger partial charge in [-0.15, -0.1) is 11.3 Å². The standard InChI is InChI=1S/C20H28N4OS/c1-13-14(2)26-20-17(13)18(21-12-22-20)24-10-8-15(9-11-24)19(25)23-16-6-4-3-5-7-16/h12,15-16H,3-11H2,1-2H3,(H,23,25). The van der Waals surface area contributed by atoms with Crippen molar-refractivity contribution in [2.45, 2.75) is 64.8 Å². The van der Waals surface area contributed by atoms with Gasteiger partial charge in [0.25, 0.3) is 0 Å². The fourth-order valence-corrected chi connectivity index (χ4v) is 5.31. The molecule has 2 aliphatic rings. The van der Waals surface area contributed by atoms with E-state index < -0.39 is 0 Å². The SMILES string of the molecule is Cc1sc2ncnc(N3CCC(C(=O)NC4CCCCC4)CC3)c2c1C. The number of nitrogens with zero attached hydrogens (tertiary/aromatic N) is 3. The number of thiophene rings is 1. The van der Waals surface area contributed by atoms with Crippen molar-refractivity contribution in [1.82, 2.24) is 15.3 Å². The fraction of sp³-hybridized carbons (Fsp3) is 0.650. The quantitative estimate of drug-likeness (QED) is 0.885.